The van der Waals surface area contributed by atoms with Crippen molar-refractivity contribution < 1.29 is 4.39 Å². The Bertz CT molecular complexity index is 452. The first kappa shape index (κ1) is 13.5. The van der Waals surface area contributed by atoms with Crippen LogP contribution < -0.4 is 5.32 Å². The van der Waals surface area contributed by atoms with Crippen molar-refractivity contribution in [1.29, 1.82) is 0 Å². The molecule has 2 rings (SSSR count). The fourth-order valence-electron chi connectivity index (χ4n) is 2.31. The fourth-order valence-corrected chi connectivity index (χ4v) is 3.45. The lowest BCUT2D eigenvalue weighted by Gasteiger charge is -2.28. The quantitative estimate of drug-likeness (QED) is 0.830. The van der Waals surface area contributed by atoms with E-state index in [2.05, 4.69) is 18.2 Å². The van der Waals surface area contributed by atoms with Gasteiger partial charge in [0, 0.05) is 10.9 Å². The summed E-state index contributed by atoms with van der Waals surface area (Å²) in [6, 6.07) is 5.57. The van der Waals surface area contributed by atoms with Crippen molar-refractivity contribution >= 4 is 11.8 Å². The molecule has 1 N–H and O–H groups in total. The summed E-state index contributed by atoms with van der Waals surface area (Å²) >= 11 is 1.60. The Balaban J connectivity index is 2.18. The Kier molecular flexibility index (Phi) is 4.68. The SMILES string of the molecule is C#CC(CCC)NC1CCSc2c(F)cccc21. The second-order valence-corrected chi connectivity index (χ2v) is 5.63. The van der Waals surface area contributed by atoms with Crippen molar-refractivity contribution in [2.24, 2.45) is 0 Å². The van der Waals surface area contributed by atoms with E-state index in [1.54, 1.807) is 17.8 Å². The normalized spacial score (nSPS) is 19.9. The number of nitrogens with one attached hydrogen (secondary N) is 1. The largest absolute Gasteiger partial charge is 0.297 e. The Hall–Kier alpha value is -0.980. The van der Waals surface area contributed by atoms with Crippen LogP contribution in [0.3, 0.4) is 0 Å². The molecule has 3 heteroatoms. The van der Waals surface area contributed by atoms with Crippen LogP contribution in [-0.2, 0) is 0 Å². The number of fused-ring (bicyclic) bond motifs is 1. The van der Waals surface area contributed by atoms with Crippen molar-refractivity contribution in [2.45, 2.75) is 43.2 Å². The van der Waals surface area contributed by atoms with Crippen LogP contribution in [0.15, 0.2) is 23.1 Å². The summed E-state index contributed by atoms with van der Waals surface area (Å²) in [5, 5.41) is 3.47. The minimum Gasteiger partial charge on any atom is -0.297 e. The summed E-state index contributed by atoms with van der Waals surface area (Å²) in [4.78, 5) is 0.786. The average molecular weight is 263 g/mol. The summed E-state index contributed by atoms with van der Waals surface area (Å²) in [6.45, 7) is 2.12. The molecule has 0 spiro atoms. The molecule has 1 aliphatic heterocycles. The second-order valence-electron chi connectivity index (χ2n) is 4.52. The predicted molar refractivity (Wildman–Crippen MR) is 75.1 cm³/mol. The summed E-state index contributed by atoms with van der Waals surface area (Å²) in [7, 11) is 0. The third-order valence-corrected chi connectivity index (χ3v) is 4.37. The van der Waals surface area contributed by atoms with Gasteiger partial charge >= 0.3 is 0 Å². The molecule has 0 radical (unpaired) electrons. The van der Waals surface area contributed by atoms with Crippen LogP contribution >= 0.6 is 11.8 Å². The molecule has 0 amide bonds. The molecule has 1 nitrogen and oxygen atoms in total. The molecule has 1 aliphatic rings. The van der Waals surface area contributed by atoms with Gasteiger partial charge in [-0.1, -0.05) is 31.4 Å². The van der Waals surface area contributed by atoms with Gasteiger partial charge in [-0.25, -0.2) is 4.39 Å². The monoisotopic (exact) mass is 263 g/mol. The first-order chi connectivity index (χ1) is 8.76. The van der Waals surface area contributed by atoms with Gasteiger partial charge in [-0.2, -0.15) is 0 Å². The summed E-state index contributed by atoms with van der Waals surface area (Å²) in [6.07, 6.45) is 8.56. The maximum atomic E-state index is 13.7. The molecule has 1 heterocycles. The lowest BCUT2D eigenvalue weighted by atomic mass is 10.0. The zero-order valence-corrected chi connectivity index (χ0v) is 11.4. The van der Waals surface area contributed by atoms with Crippen molar-refractivity contribution in [1.82, 2.24) is 5.32 Å². The first-order valence-electron chi connectivity index (χ1n) is 6.39. The van der Waals surface area contributed by atoms with Crippen molar-refractivity contribution in [2.75, 3.05) is 5.75 Å². The van der Waals surface area contributed by atoms with Gasteiger partial charge in [0.25, 0.3) is 0 Å². The van der Waals surface area contributed by atoms with Crippen molar-refractivity contribution in [3.63, 3.8) is 0 Å². The third kappa shape index (κ3) is 2.88. The van der Waals surface area contributed by atoms with Crippen LogP contribution in [0.2, 0.25) is 0 Å². The van der Waals surface area contributed by atoms with Gasteiger partial charge in [-0.15, -0.1) is 18.2 Å². The van der Waals surface area contributed by atoms with Gasteiger partial charge in [0.2, 0.25) is 0 Å². The minimum absolute atomic E-state index is 0.0826. The summed E-state index contributed by atoms with van der Waals surface area (Å²) in [5.41, 5.74) is 1.06. The first-order valence-corrected chi connectivity index (χ1v) is 7.38. The lowest BCUT2D eigenvalue weighted by molar-refractivity contribution is 0.448. The molecule has 0 aromatic heterocycles. The summed E-state index contributed by atoms with van der Waals surface area (Å²) < 4.78 is 13.7. The standard InChI is InChI=1S/C15H18FNS/c1-3-6-11(4-2)17-14-9-10-18-15-12(14)7-5-8-13(15)16/h2,5,7-8,11,14,17H,3,6,9-10H2,1H3. The van der Waals surface area contributed by atoms with E-state index in [4.69, 9.17) is 6.42 Å². The molecular formula is C15H18FNS. The van der Waals surface area contributed by atoms with E-state index in [1.165, 1.54) is 6.07 Å². The highest BCUT2D eigenvalue weighted by Gasteiger charge is 2.24. The third-order valence-electron chi connectivity index (χ3n) is 3.21. The molecule has 2 atom stereocenters. The van der Waals surface area contributed by atoms with Gasteiger partial charge in [-0.3, -0.25) is 5.32 Å². The number of thioether (sulfide) groups is 1. The highest BCUT2D eigenvalue weighted by molar-refractivity contribution is 7.99. The van der Waals surface area contributed by atoms with Crippen LogP contribution in [0.25, 0.3) is 0 Å². The van der Waals surface area contributed by atoms with Crippen LogP contribution in [0.5, 0.6) is 0 Å². The predicted octanol–water partition coefficient (Wildman–Crippen LogP) is 3.75. The molecular weight excluding hydrogens is 245 g/mol. The number of terminal acetylenes is 1. The molecule has 1 aromatic rings. The van der Waals surface area contributed by atoms with Crippen LogP contribution in [-0.4, -0.2) is 11.8 Å². The topological polar surface area (TPSA) is 12.0 Å². The molecule has 18 heavy (non-hydrogen) atoms. The molecule has 0 saturated carbocycles. The Labute approximate surface area is 113 Å². The van der Waals surface area contributed by atoms with Gasteiger partial charge in [-0.05, 0) is 30.2 Å². The molecule has 96 valence electrons. The van der Waals surface area contributed by atoms with E-state index >= 15 is 0 Å². The van der Waals surface area contributed by atoms with Crippen molar-refractivity contribution in [3.8, 4) is 12.3 Å². The molecule has 0 saturated heterocycles. The maximum absolute atomic E-state index is 13.7. The van der Waals surface area contributed by atoms with Gasteiger partial charge in [0.15, 0.2) is 0 Å². The van der Waals surface area contributed by atoms with Crippen LogP contribution in [0.4, 0.5) is 4.39 Å². The molecule has 1 aromatic carbocycles. The Morgan fingerprint density at radius 3 is 3.17 bits per heavy atom. The van der Waals surface area contributed by atoms with Gasteiger partial charge in [0.05, 0.1) is 6.04 Å². The van der Waals surface area contributed by atoms with Crippen LogP contribution in [0.1, 0.15) is 37.8 Å². The van der Waals surface area contributed by atoms with Gasteiger partial charge in [0.1, 0.15) is 5.82 Å². The number of rotatable bonds is 4. The van der Waals surface area contributed by atoms with E-state index in [1.807, 2.05) is 6.07 Å². The van der Waals surface area contributed by atoms with E-state index in [9.17, 15) is 4.39 Å². The molecule has 0 bridgehead atoms. The minimum atomic E-state index is -0.114. The average Bonchev–Trinajstić information content (AvgIpc) is 2.39. The molecule has 0 fully saturated rings. The van der Waals surface area contributed by atoms with Crippen molar-refractivity contribution in [3.05, 3.63) is 29.6 Å². The smallest absolute Gasteiger partial charge is 0.137 e. The van der Waals surface area contributed by atoms with Gasteiger partial charge < -0.3 is 0 Å². The zero-order valence-electron chi connectivity index (χ0n) is 10.6. The second kappa shape index (κ2) is 6.26. The number of benzene rings is 1. The molecule has 2 unspecified atom stereocenters. The highest BCUT2D eigenvalue weighted by atomic mass is 32.2. The Morgan fingerprint density at radius 2 is 2.44 bits per heavy atom. The summed E-state index contributed by atoms with van der Waals surface area (Å²) in [5.74, 6) is 3.61. The number of hydrogen-bond acceptors (Lipinski definition) is 2. The fraction of sp³-hybridized carbons (Fsp3) is 0.467. The Morgan fingerprint density at radius 1 is 1.61 bits per heavy atom. The maximum Gasteiger partial charge on any atom is 0.137 e. The lowest BCUT2D eigenvalue weighted by Crippen LogP contribution is -2.33. The van der Waals surface area contributed by atoms with E-state index < -0.39 is 0 Å². The van der Waals surface area contributed by atoms with E-state index in [-0.39, 0.29) is 17.9 Å². The number of halogens is 1. The van der Waals surface area contributed by atoms with E-state index in [0.717, 1.165) is 35.5 Å². The van der Waals surface area contributed by atoms with Crippen LogP contribution in [0, 0.1) is 18.2 Å². The number of hydrogen-bond donors (Lipinski definition) is 1. The molecule has 0 aliphatic carbocycles. The highest BCUT2D eigenvalue weighted by Crippen LogP contribution is 2.37. The zero-order chi connectivity index (χ0) is 13.0. The van der Waals surface area contributed by atoms with E-state index in [0.29, 0.717) is 0 Å².